The summed E-state index contributed by atoms with van der Waals surface area (Å²) in [6.45, 7) is 3.56. The van der Waals surface area contributed by atoms with Crippen molar-refractivity contribution in [3.05, 3.63) is 29.8 Å². The molecule has 1 atom stereocenters. The maximum absolute atomic E-state index is 11.8. The number of aryl methyl sites for hydroxylation is 1. The van der Waals surface area contributed by atoms with E-state index < -0.39 is 12.0 Å². The van der Waals surface area contributed by atoms with Crippen LogP contribution in [-0.4, -0.2) is 54.2 Å². The fourth-order valence-corrected chi connectivity index (χ4v) is 2.60. The molecule has 0 aliphatic carbocycles. The van der Waals surface area contributed by atoms with Crippen LogP contribution in [0.25, 0.3) is 0 Å². The summed E-state index contributed by atoms with van der Waals surface area (Å²) in [5.74, 6) is -0.242. The number of aliphatic carboxylic acids is 1. The number of hydrogen-bond donors (Lipinski definition) is 2. The van der Waals surface area contributed by atoms with E-state index in [4.69, 9.17) is 9.84 Å². The van der Waals surface area contributed by atoms with E-state index in [1.807, 2.05) is 31.2 Å². The number of carboxylic acids is 1. The maximum atomic E-state index is 11.8. The molecular formula is C16H22N2O4. The molecule has 2 rings (SSSR count). The number of benzene rings is 1. The summed E-state index contributed by atoms with van der Waals surface area (Å²) in [6.07, 6.45) is 1.43. The second-order valence-corrected chi connectivity index (χ2v) is 5.48. The molecule has 1 fully saturated rings. The molecule has 0 aromatic heterocycles. The van der Waals surface area contributed by atoms with Gasteiger partial charge in [-0.05, 0) is 44.0 Å². The average Bonchev–Trinajstić information content (AvgIpc) is 2.92. The third-order valence-electron chi connectivity index (χ3n) is 3.68. The largest absolute Gasteiger partial charge is 0.492 e. The van der Waals surface area contributed by atoms with Gasteiger partial charge in [-0.2, -0.15) is 0 Å². The Balaban J connectivity index is 1.66. The van der Waals surface area contributed by atoms with Crippen molar-refractivity contribution in [1.82, 2.24) is 10.2 Å². The molecule has 1 saturated heterocycles. The van der Waals surface area contributed by atoms with Crippen LogP contribution in [0.2, 0.25) is 0 Å². The van der Waals surface area contributed by atoms with Crippen LogP contribution in [0.4, 0.5) is 0 Å². The molecular weight excluding hydrogens is 284 g/mol. The van der Waals surface area contributed by atoms with E-state index in [-0.39, 0.29) is 12.5 Å². The van der Waals surface area contributed by atoms with Crippen molar-refractivity contribution in [2.75, 3.05) is 26.2 Å². The van der Waals surface area contributed by atoms with Gasteiger partial charge in [-0.25, -0.2) is 0 Å². The third-order valence-corrected chi connectivity index (χ3v) is 3.68. The Kier molecular flexibility index (Phi) is 5.77. The fraction of sp³-hybridized carbons (Fsp3) is 0.500. The van der Waals surface area contributed by atoms with E-state index in [9.17, 15) is 9.59 Å². The number of ether oxygens (including phenoxy) is 1. The molecule has 0 saturated carbocycles. The molecule has 1 amide bonds. The van der Waals surface area contributed by atoms with Crippen molar-refractivity contribution in [3.63, 3.8) is 0 Å². The number of amides is 1. The van der Waals surface area contributed by atoms with Crippen molar-refractivity contribution >= 4 is 11.9 Å². The molecule has 6 nitrogen and oxygen atoms in total. The molecule has 1 aromatic rings. The summed E-state index contributed by atoms with van der Waals surface area (Å²) in [5, 5.41) is 11.8. The first-order chi connectivity index (χ1) is 10.6. The van der Waals surface area contributed by atoms with Crippen LogP contribution in [-0.2, 0) is 9.59 Å². The lowest BCUT2D eigenvalue weighted by Gasteiger charge is -2.20. The summed E-state index contributed by atoms with van der Waals surface area (Å²) in [5.41, 5.74) is 1.12. The number of likely N-dealkylation sites (tertiary alicyclic amines) is 1. The minimum absolute atomic E-state index is 0.126. The SMILES string of the molecule is Cc1cccc(OCCNC(=O)CN2CCCC2C(=O)O)c1. The van der Waals surface area contributed by atoms with E-state index >= 15 is 0 Å². The van der Waals surface area contributed by atoms with E-state index in [0.29, 0.717) is 26.1 Å². The fourth-order valence-electron chi connectivity index (χ4n) is 2.60. The van der Waals surface area contributed by atoms with Gasteiger partial charge in [-0.15, -0.1) is 0 Å². The number of rotatable bonds is 7. The first-order valence-electron chi connectivity index (χ1n) is 7.49. The van der Waals surface area contributed by atoms with Crippen molar-refractivity contribution in [3.8, 4) is 5.75 Å². The molecule has 1 heterocycles. The zero-order valence-corrected chi connectivity index (χ0v) is 12.7. The van der Waals surface area contributed by atoms with Gasteiger partial charge in [0.1, 0.15) is 18.4 Å². The predicted molar refractivity (Wildman–Crippen MR) is 81.9 cm³/mol. The Labute approximate surface area is 130 Å². The molecule has 120 valence electrons. The van der Waals surface area contributed by atoms with Crippen LogP contribution in [0.5, 0.6) is 5.75 Å². The zero-order valence-electron chi connectivity index (χ0n) is 12.7. The van der Waals surface area contributed by atoms with Gasteiger partial charge in [-0.1, -0.05) is 12.1 Å². The van der Waals surface area contributed by atoms with Gasteiger partial charge in [0.15, 0.2) is 0 Å². The van der Waals surface area contributed by atoms with Crippen LogP contribution in [0.15, 0.2) is 24.3 Å². The van der Waals surface area contributed by atoms with Gasteiger partial charge in [0.2, 0.25) is 5.91 Å². The van der Waals surface area contributed by atoms with Gasteiger partial charge < -0.3 is 15.2 Å². The van der Waals surface area contributed by atoms with E-state index in [2.05, 4.69) is 5.32 Å². The second kappa shape index (κ2) is 7.79. The molecule has 0 bridgehead atoms. The summed E-state index contributed by atoms with van der Waals surface area (Å²) in [7, 11) is 0. The van der Waals surface area contributed by atoms with E-state index in [0.717, 1.165) is 17.7 Å². The van der Waals surface area contributed by atoms with Crippen LogP contribution in [0.1, 0.15) is 18.4 Å². The molecule has 1 aliphatic heterocycles. The van der Waals surface area contributed by atoms with E-state index in [1.54, 1.807) is 4.90 Å². The lowest BCUT2D eigenvalue weighted by atomic mass is 10.2. The smallest absolute Gasteiger partial charge is 0.320 e. The molecule has 1 aromatic carbocycles. The van der Waals surface area contributed by atoms with Gasteiger partial charge in [-0.3, -0.25) is 14.5 Å². The number of carbonyl (C=O) groups excluding carboxylic acids is 1. The number of carboxylic acid groups (broad SMARTS) is 1. The molecule has 0 spiro atoms. The average molecular weight is 306 g/mol. The Hall–Kier alpha value is -2.08. The monoisotopic (exact) mass is 306 g/mol. The highest BCUT2D eigenvalue weighted by molar-refractivity contribution is 5.80. The quantitative estimate of drug-likeness (QED) is 0.736. The highest BCUT2D eigenvalue weighted by Crippen LogP contribution is 2.16. The minimum Gasteiger partial charge on any atom is -0.492 e. The summed E-state index contributed by atoms with van der Waals surface area (Å²) in [6, 6.07) is 7.18. The topological polar surface area (TPSA) is 78.9 Å². The first kappa shape index (κ1) is 16.3. The lowest BCUT2D eigenvalue weighted by molar-refractivity contribution is -0.142. The first-order valence-corrected chi connectivity index (χ1v) is 7.49. The van der Waals surface area contributed by atoms with E-state index in [1.165, 1.54) is 0 Å². The molecule has 1 unspecified atom stereocenters. The number of nitrogens with zero attached hydrogens (tertiary/aromatic N) is 1. The van der Waals surface area contributed by atoms with Crippen molar-refractivity contribution < 1.29 is 19.4 Å². The van der Waals surface area contributed by atoms with Gasteiger partial charge >= 0.3 is 5.97 Å². The van der Waals surface area contributed by atoms with Crippen LogP contribution in [0, 0.1) is 6.92 Å². The van der Waals surface area contributed by atoms with Crippen molar-refractivity contribution in [2.24, 2.45) is 0 Å². The second-order valence-electron chi connectivity index (χ2n) is 5.48. The van der Waals surface area contributed by atoms with Crippen molar-refractivity contribution in [1.29, 1.82) is 0 Å². The lowest BCUT2D eigenvalue weighted by Crippen LogP contribution is -2.43. The number of hydrogen-bond acceptors (Lipinski definition) is 4. The Morgan fingerprint density at radius 3 is 3.00 bits per heavy atom. The predicted octanol–water partition coefficient (Wildman–Crippen LogP) is 1.04. The Bertz CT molecular complexity index is 533. The normalized spacial score (nSPS) is 18.1. The standard InChI is InChI=1S/C16H22N2O4/c1-12-4-2-5-13(10-12)22-9-7-17-15(19)11-18-8-3-6-14(18)16(20)21/h2,4-5,10,14H,3,6-9,11H2,1H3,(H,17,19)(H,20,21). The molecule has 1 aliphatic rings. The molecule has 6 heteroatoms. The van der Waals surface area contributed by atoms with Crippen LogP contribution < -0.4 is 10.1 Å². The summed E-state index contributed by atoms with van der Waals surface area (Å²) in [4.78, 5) is 24.6. The number of nitrogens with one attached hydrogen (secondary N) is 1. The summed E-state index contributed by atoms with van der Waals surface area (Å²) >= 11 is 0. The van der Waals surface area contributed by atoms with Gasteiger partial charge in [0.05, 0.1) is 13.1 Å². The maximum Gasteiger partial charge on any atom is 0.320 e. The van der Waals surface area contributed by atoms with Gasteiger partial charge in [0, 0.05) is 0 Å². The Morgan fingerprint density at radius 2 is 2.27 bits per heavy atom. The number of carbonyl (C=O) groups is 2. The summed E-state index contributed by atoms with van der Waals surface area (Å²) < 4.78 is 5.54. The molecule has 2 N–H and O–H groups in total. The Morgan fingerprint density at radius 1 is 1.45 bits per heavy atom. The van der Waals surface area contributed by atoms with Crippen LogP contribution >= 0.6 is 0 Å². The minimum atomic E-state index is -0.854. The van der Waals surface area contributed by atoms with Crippen molar-refractivity contribution in [2.45, 2.75) is 25.8 Å². The zero-order chi connectivity index (χ0) is 15.9. The molecule has 22 heavy (non-hydrogen) atoms. The third kappa shape index (κ3) is 4.73. The molecule has 0 radical (unpaired) electrons. The van der Waals surface area contributed by atoms with Crippen LogP contribution in [0.3, 0.4) is 0 Å². The highest BCUT2D eigenvalue weighted by atomic mass is 16.5. The van der Waals surface area contributed by atoms with Gasteiger partial charge in [0.25, 0.3) is 0 Å². The highest BCUT2D eigenvalue weighted by Gasteiger charge is 2.31.